The summed E-state index contributed by atoms with van der Waals surface area (Å²) >= 11 is 6.06. The molecule has 1 aromatic rings. The number of rotatable bonds is 10. The lowest BCUT2D eigenvalue weighted by Gasteiger charge is -2.28. The van der Waals surface area contributed by atoms with Crippen LogP contribution in [0.5, 0.6) is 0 Å². The second-order valence-corrected chi connectivity index (χ2v) is 8.01. The van der Waals surface area contributed by atoms with Crippen LogP contribution in [-0.4, -0.2) is 34.4 Å². The van der Waals surface area contributed by atoms with Crippen LogP contribution in [0.15, 0.2) is 18.2 Å². The molecule has 0 aliphatic carbocycles. The van der Waals surface area contributed by atoms with Gasteiger partial charge in [-0.1, -0.05) is 11.6 Å². The van der Waals surface area contributed by atoms with Crippen molar-refractivity contribution in [3.05, 3.63) is 34.3 Å². The topological polar surface area (TPSA) is 44.8 Å². The van der Waals surface area contributed by atoms with Crippen LogP contribution in [0, 0.1) is 0 Å². The lowest BCUT2D eigenvalue weighted by Crippen LogP contribution is -2.46. The molecule has 0 bridgehead atoms. The summed E-state index contributed by atoms with van der Waals surface area (Å²) in [6.07, 6.45) is 0.641. The minimum atomic E-state index is -2.71. The fourth-order valence-corrected chi connectivity index (χ4v) is 5.17. The molecule has 0 fully saturated rings. The van der Waals surface area contributed by atoms with Crippen LogP contribution < -0.4 is 0 Å². The monoisotopic (exact) mass is 344 g/mol. The summed E-state index contributed by atoms with van der Waals surface area (Å²) < 4.78 is 17.5. The van der Waals surface area contributed by atoms with E-state index in [1.165, 1.54) is 0 Å². The first kappa shape index (κ1) is 19.3. The third kappa shape index (κ3) is 5.48. The first-order valence-corrected chi connectivity index (χ1v) is 10.00. The summed E-state index contributed by atoms with van der Waals surface area (Å²) in [5, 5.41) is 0.622. The summed E-state index contributed by atoms with van der Waals surface area (Å²) in [4.78, 5) is 11.8. The Morgan fingerprint density at radius 3 is 2.09 bits per heavy atom. The molecule has 0 amide bonds. The Bertz CT molecular complexity index is 476. The second kappa shape index (κ2) is 9.42. The van der Waals surface area contributed by atoms with E-state index < -0.39 is 8.80 Å². The summed E-state index contributed by atoms with van der Waals surface area (Å²) in [6.45, 7) is 8.98. The van der Waals surface area contributed by atoms with Gasteiger partial charge in [-0.25, -0.2) is 0 Å². The van der Waals surface area contributed by atoms with E-state index in [2.05, 4.69) is 0 Å². The molecule has 0 saturated carbocycles. The van der Waals surface area contributed by atoms with Crippen molar-refractivity contribution < 1.29 is 18.1 Å². The number of hydrogen-bond donors (Lipinski definition) is 0. The molecule has 0 aliphatic heterocycles. The number of aryl methyl sites for hydroxylation is 1. The molecule has 0 aliphatic rings. The quantitative estimate of drug-likeness (QED) is 0.473. The molecule has 124 valence electrons. The lowest BCUT2D eigenvalue weighted by atomic mass is 10.0. The van der Waals surface area contributed by atoms with E-state index in [0.717, 1.165) is 5.56 Å². The van der Waals surface area contributed by atoms with Gasteiger partial charge in [0, 0.05) is 36.5 Å². The molecular weight excluding hydrogens is 320 g/mol. The lowest BCUT2D eigenvalue weighted by molar-refractivity contribution is 0.0713. The number of benzene rings is 1. The number of ketones is 1. The van der Waals surface area contributed by atoms with Gasteiger partial charge >= 0.3 is 8.80 Å². The molecule has 1 rings (SSSR count). The molecule has 0 aromatic heterocycles. The zero-order chi connectivity index (χ0) is 16.6. The molecule has 0 saturated heterocycles. The Kier molecular flexibility index (Phi) is 8.28. The number of halogens is 1. The van der Waals surface area contributed by atoms with E-state index in [-0.39, 0.29) is 5.78 Å². The highest BCUT2D eigenvalue weighted by Crippen LogP contribution is 2.23. The van der Waals surface area contributed by atoms with Gasteiger partial charge < -0.3 is 13.3 Å². The zero-order valence-corrected chi connectivity index (χ0v) is 15.5. The van der Waals surface area contributed by atoms with Crippen molar-refractivity contribution in [2.24, 2.45) is 0 Å². The number of carbonyl (C=O) groups excluding carboxylic acids is 1. The largest absolute Gasteiger partial charge is 0.501 e. The SMILES string of the molecule is CCO[Si](CCc1cc(Cl)ccc1C(C)=O)(OCC)OCC. The molecule has 0 radical (unpaired) electrons. The average Bonchev–Trinajstić information content (AvgIpc) is 2.46. The summed E-state index contributed by atoms with van der Waals surface area (Å²) in [5.74, 6) is 0.0307. The van der Waals surface area contributed by atoms with Crippen molar-refractivity contribution in [3.8, 4) is 0 Å². The molecule has 0 atom stereocenters. The van der Waals surface area contributed by atoms with Crippen LogP contribution in [0.2, 0.25) is 11.1 Å². The smallest absolute Gasteiger partial charge is 0.374 e. The van der Waals surface area contributed by atoms with Crippen LogP contribution >= 0.6 is 11.6 Å². The van der Waals surface area contributed by atoms with Crippen LogP contribution in [0.3, 0.4) is 0 Å². The van der Waals surface area contributed by atoms with Crippen molar-refractivity contribution in [2.75, 3.05) is 19.8 Å². The van der Waals surface area contributed by atoms with E-state index in [1.54, 1.807) is 19.1 Å². The first-order valence-electron chi connectivity index (χ1n) is 7.69. The standard InChI is InChI=1S/C16H25ClO4Si/c1-5-19-22(20-6-2,21-7-3)11-10-14-12-15(17)8-9-16(14)13(4)18/h8-9,12H,5-7,10-11H2,1-4H3. The fourth-order valence-electron chi connectivity index (χ4n) is 2.40. The maximum atomic E-state index is 11.8. The van der Waals surface area contributed by atoms with Gasteiger partial charge in [0.15, 0.2) is 5.78 Å². The van der Waals surface area contributed by atoms with Crippen molar-refractivity contribution >= 4 is 26.2 Å². The molecule has 0 heterocycles. The minimum absolute atomic E-state index is 0.0307. The van der Waals surface area contributed by atoms with Gasteiger partial charge in [0.05, 0.1) is 0 Å². The van der Waals surface area contributed by atoms with Crippen LogP contribution in [-0.2, 0) is 19.7 Å². The van der Waals surface area contributed by atoms with Crippen molar-refractivity contribution in [1.29, 1.82) is 0 Å². The highest BCUT2D eigenvalue weighted by Gasteiger charge is 2.40. The molecule has 1 aromatic carbocycles. The Balaban J connectivity index is 2.96. The molecular formula is C16H25ClO4Si. The Morgan fingerprint density at radius 1 is 1.09 bits per heavy atom. The second-order valence-electron chi connectivity index (χ2n) is 4.84. The Labute approximate surface area is 139 Å². The van der Waals surface area contributed by atoms with Crippen molar-refractivity contribution in [1.82, 2.24) is 0 Å². The predicted octanol–water partition coefficient (Wildman–Crippen LogP) is 4.13. The van der Waals surface area contributed by atoms with Gasteiger partial charge in [0.25, 0.3) is 0 Å². The molecule has 0 N–H and O–H groups in total. The average molecular weight is 345 g/mol. The van der Waals surface area contributed by atoms with Gasteiger partial charge in [-0.05, 0) is 57.9 Å². The van der Waals surface area contributed by atoms with E-state index in [0.29, 0.717) is 42.9 Å². The van der Waals surface area contributed by atoms with Gasteiger partial charge in [-0.2, -0.15) is 0 Å². The van der Waals surface area contributed by atoms with Gasteiger partial charge in [-0.3, -0.25) is 4.79 Å². The maximum Gasteiger partial charge on any atom is 0.501 e. The molecule has 22 heavy (non-hydrogen) atoms. The van der Waals surface area contributed by atoms with E-state index in [9.17, 15) is 4.79 Å². The van der Waals surface area contributed by atoms with Gasteiger partial charge in [0.1, 0.15) is 0 Å². The van der Waals surface area contributed by atoms with Crippen LogP contribution in [0.4, 0.5) is 0 Å². The molecule has 0 spiro atoms. The van der Waals surface area contributed by atoms with Gasteiger partial charge in [0.2, 0.25) is 0 Å². The maximum absolute atomic E-state index is 11.8. The number of carbonyl (C=O) groups is 1. The first-order chi connectivity index (χ1) is 10.5. The van der Waals surface area contributed by atoms with E-state index >= 15 is 0 Å². The minimum Gasteiger partial charge on any atom is -0.374 e. The molecule has 6 heteroatoms. The molecule has 4 nitrogen and oxygen atoms in total. The van der Waals surface area contributed by atoms with Crippen LogP contribution in [0.25, 0.3) is 0 Å². The number of hydrogen-bond acceptors (Lipinski definition) is 4. The summed E-state index contributed by atoms with van der Waals surface area (Å²) in [6, 6.07) is 5.97. The normalized spacial score (nSPS) is 11.7. The Morgan fingerprint density at radius 2 is 1.64 bits per heavy atom. The van der Waals surface area contributed by atoms with E-state index in [1.807, 2.05) is 26.8 Å². The van der Waals surface area contributed by atoms with Crippen molar-refractivity contribution in [2.45, 2.75) is 40.2 Å². The molecule has 0 unspecified atom stereocenters. The highest BCUT2D eigenvalue weighted by atomic mass is 35.5. The summed E-state index contributed by atoms with van der Waals surface area (Å²) in [7, 11) is -2.71. The summed E-state index contributed by atoms with van der Waals surface area (Å²) in [5.41, 5.74) is 1.60. The third-order valence-corrected chi connectivity index (χ3v) is 6.52. The van der Waals surface area contributed by atoms with Gasteiger partial charge in [-0.15, -0.1) is 0 Å². The highest BCUT2D eigenvalue weighted by molar-refractivity contribution is 6.60. The predicted molar refractivity (Wildman–Crippen MR) is 90.6 cm³/mol. The zero-order valence-electron chi connectivity index (χ0n) is 13.8. The Hall–Kier alpha value is -0.723. The fraction of sp³-hybridized carbons (Fsp3) is 0.562. The number of Topliss-reactive ketones (excluding diaryl/α,β-unsaturated/α-hetero) is 1. The van der Waals surface area contributed by atoms with Crippen LogP contribution in [0.1, 0.15) is 43.6 Å². The third-order valence-electron chi connectivity index (χ3n) is 3.24. The van der Waals surface area contributed by atoms with Crippen molar-refractivity contribution in [3.63, 3.8) is 0 Å². The van der Waals surface area contributed by atoms with E-state index in [4.69, 9.17) is 24.9 Å².